The van der Waals surface area contributed by atoms with Crippen LogP contribution in [0.4, 0.5) is 11.4 Å². The van der Waals surface area contributed by atoms with E-state index < -0.39 is 5.97 Å². The number of carboxylic acids is 1. The van der Waals surface area contributed by atoms with Gasteiger partial charge in [0.15, 0.2) is 0 Å². The summed E-state index contributed by atoms with van der Waals surface area (Å²) in [6.45, 7) is 3.61. The van der Waals surface area contributed by atoms with Crippen LogP contribution in [-0.2, 0) is 0 Å². The SMILES string of the molecule is Cc1n[nH]c(C)c1N=Nc1ccccc1C(=O)[O-]. The summed E-state index contributed by atoms with van der Waals surface area (Å²) in [5.74, 6) is -1.27. The summed E-state index contributed by atoms with van der Waals surface area (Å²) in [4.78, 5) is 10.9. The van der Waals surface area contributed by atoms with Gasteiger partial charge in [0.25, 0.3) is 0 Å². The highest BCUT2D eigenvalue weighted by Gasteiger charge is 2.05. The summed E-state index contributed by atoms with van der Waals surface area (Å²) in [5.41, 5.74) is 2.38. The average molecular weight is 243 g/mol. The fourth-order valence-corrected chi connectivity index (χ4v) is 1.53. The van der Waals surface area contributed by atoms with Crippen LogP contribution in [0.5, 0.6) is 0 Å². The van der Waals surface area contributed by atoms with E-state index in [0.29, 0.717) is 11.4 Å². The van der Waals surface area contributed by atoms with Crippen LogP contribution in [-0.4, -0.2) is 16.2 Å². The van der Waals surface area contributed by atoms with Crippen LogP contribution in [0, 0.1) is 13.8 Å². The molecule has 1 aromatic carbocycles. The number of aromatic nitrogens is 2. The maximum Gasteiger partial charge on any atom is 0.129 e. The molecule has 0 saturated carbocycles. The van der Waals surface area contributed by atoms with Crippen LogP contribution in [0.25, 0.3) is 0 Å². The lowest BCUT2D eigenvalue weighted by Gasteiger charge is -2.04. The normalized spacial score (nSPS) is 11.0. The van der Waals surface area contributed by atoms with Gasteiger partial charge in [-0.25, -0.2) is 0 Å². The van der Waals surface area contributed by atoms with Gasteiger partial charge < -0.3 is 9.90 Å². The molecule has 2 aromatic rings. The van der Waals surface area contributed by atoms with Gasteiger partial charge in [-0.3, -0.25) is 5.10 Å². The first-order valence-corrected chi connectivity index (χ1v) is 5.33. The smallest absolute Gasteiger partial charge is 0.129 e. The number of aromatic carboxylic acids is 1. The van der Waals surface area contributed by atoms with Gasteiger partial charge in [0.05, 0.1) is 23.0 Å². The summed E-state index contributed by atoms with van der Waals surface area (Å²) < 4.78 is 0. The third kappa shape index (κ3) is 2.27. The minimum Gasteiger partial charge on any atom is -0.545 e. The van der Waals surface area contributed by atoms with Crippen molar-refractivity contribution in [1.82, 2.24) is 10.2 Å². The van der Waals surface area contributed by atoms with Crippen molar-refractivity contribution in [3.05, 3.63) is 41.2 Å². The van der Waals surface area contributed by atoms with Gasteiger partial charge >= 0.3 is 0 Å². The molecule has 0 amide bonds. The predicted octanol–water partition coefficient (Wildman–Crippen LogP) is 1.81. The Morgan fingerprint density at radius 1 is 1.28 bits per heavy atom. The Labute approximate surface area is 103 Å². The van der Waals surface area contributed by atoms with E-state index in [1.165, 1.54) is 6.07 Å². The molecule has 0 atom stereocenters. The molecule has 0 spiro atoms. The number of aryl methyl sites for hydroxylation is 2. The molecule has 92 valence electrons. The number of H-pyrrole nitrogens is 1. The van der Waals surface area contributed by atoms with Crippen LogP contribution in [0.15, 0.2) is 34.5 Å². The fourth-order valence-electron chi connectivity index (χ4n) is 1.53. The monoisotopic (exact) mass is 243 g/mol. The molecule has 0 radical (unpaired) electrons. The van der Waals surface area contributed by atoms with Gasteiger partial charge in [-0.2, -0.15) is 5.10 Å². The van der Waals surface area contributed by atoms with Crippen molar-refractivity contribution in [3.63, 3.8) is 0 Å². The zero-order valence-corrected chi connectivity index (χ0v) is 9.97. The molecule has 6 nitrogen and oxygen atoms in total. The minimum absolute atomic E-state index is 0.0139. The van der Waals surface area contributed by atoms with Crippen molar-refractivity contribution in [3.8, 4) is 0 Å². The van der Waals surface area contributed by atoms with Crippen molar-refractivity contribution in [2.75, 3.05) is 0 Å². The van der Waals surface area contributed by atoms with E-state index in [2.05, 4.69) is 20.4 Å². The van der Waals surface area contributed by atoms with Crippen molar-refractivity contribution in [2.24, 2.45) is 10.2 Å². The number of hydrogen-bond acceptors (Lipinski definition) is 5. The van der Waals surface area contributed by atoms with Crippen molar-refractivity contribution in [2.45, 2.75) is 13.8 Å². The lowest BCUT2D eigenvalue weighted by atomic mass is 10.2. The van der Waals surface area contributed by atoms with E-state index in [1.807, 2.05) is 6.92 Å². The Balaban J connectivity index is 2.38. The molecule has 0 saturated heterocycles. The lowest BCUT2D eigenvalue weighted by molar-refractivity contribution is -0.254. The minimum atomic E-state index is -1.27. The zero-order chi connectivity index (χ0) is 13.1. The molecular formula is C12H11N4O2-. The topological polar surface area (TPSA) is 93.5 Å². The zero-order valence-electron chi connectivity index (χ0n) is 9.97. The molecule has 0 bridgehead atoms. The summed E-state index contributed by atoms with van der Waals surface area (Å²) in [6, 6.07) is 6.30. The summed E-state index contributed by atoms with van der Waals surface area (Å²) in [5, 5.41) is 25.6. The number of carbonyl (C=O) groups excluding carboxylic acids is 1. The first-order valence-electron chi connectivity index (χ1n) is 5.33. The molecule has 0 aliphatic heterocycles. The van der Waals surface area contributed by atoms with E-state index >= 15 is 0 Å². The van der Waals surface area contributed by atoms with E-state index in [4.69, 9.17) is 0 Å². The fraction of sp³-hybridized carbons (Fsp3) is 0.167. The second-order valence-electron chi connectivity index (χ2n) is 3.79. The maximum atomic E-state index is 10.9. The Hall–Kier alpha value is -2.50. The highest BCUT2D eigenvalue weighted by molar-refractivity contribution is 5.91. The maximum absolute atomic E-state index is 10.9. The van der Waals surface area contributed by atoms with E-state index in [0.717, 1.165) is 5.69 Å². The molecule has 1 N–H and O–H groups in total. The van der Waals surface area contributed by atoms with Crippen LogP contribution in [0.3, 0.4) is 0 Å². The predicted molar refractivity (Wildman–Crippen MR) is 63.0 cm³/mol. The third-order valence-corrected chi connectivity index (χ3v) is 2.47. The number of rotatable bonds is 3. The molecule has 1 aromatic heterocycles. The number of hydrogen-bond donors (Lipinski definition) is 1. The van der Waals surface area contributed by atoms with E-state index in [-0.39, 0.29) is 11.3 Å². The number of carbonyl (C=O) groups is 1. The first-order chi connectivity index (χ1) is 8.59. The van der Waals surface area contributed by atoms with Gasteiger partial charge in [0.2, 0.25) is 0 Å². The molecule has 0 aliphatic rings. The highest BCUT2D eigenvalue weighted by Crippen LogP contribution is 2.25. The second kappa shape index (κ2) is 4.79. The number of carboxylic acid groups (broad SMARTS) is 1. The van der Waals surface area contributed by atoms with Crippen LogP contribution < -0.4 is 5.11 Å². The highest BCUT2D eigenvalue weighted by atomic mass is 16.4. The third-order valence-electron chi connectivity index (χ3n) is 2.47. The van der Waals surface area contributed by atoms with Gasteiger partial charge in [0.1, 0.15) is 5.69 Å². The quantitative estimate of drug-likeness (QED) is 0.833. The van der Waals surface area contributed by atoms with Crippen LogP contribution >= 0.6 is 0 Å². The van der Waals surface area contributed by atoms with Crippen LogP contribution in [0.2, 0.25) is 0 Å². The number of nitrogens with zero attached hydrogens (tertiary/aromatic N) is 3. The lowest BCUT2D eigenvalue weighted by Crippen LogP contribution is -2.22. The molecule has 6 heteroatoms. The summed E-state index contributed by atoms with van der Waals surface area (Å²) in [7, 11) is 0. The molecule has 18 heavy (non-hydrogen) atoms. The van der Waals surface area contributed by atoms with Gasteiger partial charge in [-0.05, 0) is 19.9 Å². The Kier molecular flexibility index (Phi) is 3.18. The molecule has 1 heterocycles. The summed E-state index contributed by atoms with van der Waals surface area (Å²) in [6.07, 6.45) is 0. The molecule has 0 aliphatic carbocycles. The standard InChI is InChI=1S/C12H12N4O2/c1-7-11(8(2)14-13-7)16-15-10-6-4-3-5-9(10)12(17)18/h3-6H,1-2H3,(H,13,14)(H,17,18)/p-1. The number of aromatic amines is 1. The number of nitrogens with one attached hydrogen (secondary N) is 1. The van der Waals surface area contributed by atoms with E-state index in [1.54, 1.807) is 25.1 Å². The number of benzene rings is 1. The average Bonchev–Trinajstić information content (AvgIpc) is 2.67. The molecule has 2 rings (SSSR count). The van der Waals surface area contributed by atoms with Crippen molar-refractivity contribution in [1.29, 1.82) is 0 Å². The van der Waals surface area contributed by atoms with Crippen molar-refractivity contribution < 1.29 is 9.90 Å². The first kappa shape index (κ1) is 12.0. The van der Waals surface area contributed by atoms with E-state index in [9.17, 15) is 9.90 Å². The summed E-state index contributed by atoms with van der Waals surface area (Å²) >= 11 is 0. The Morgan fingerprint density at radius 3 is 2.61 bits per heavy atom. The molecular weight excluding hydrogens is 232 g/mol. The van der Waals surface area contributed by atoms with Gasteiger partial charge in [0, 0.05) is 5.56 Å². The Bertz CT molecular complexity index is 597. The van der Waals surface area contributed by atoms with Gasteiger partial charge in [-0.1, -0.05) is 18.2 Å². The molecule has 0 unspecified atom stereocenters. The van der Waals surface area contributed by atoms with Gasteiger partial charge in [-0.15, -0.1) is 10.2 Å². The Morgan fingerprint density at radius 2 is 2.00 bits per heavy atom. The van der Waals surface area contributed by atoms with Crippen molar-refractivity contribution >= 4 is 17.3 Å². The molecule has 0 fully saturated rings. The second-order valence-corrected chi connectivity index (χ2v) is 3.79. The van der Waals surface area contributed by atoms with Crippen LogP contribution in [0.1, 0.15) is 21.7 Å². The number of azo groups is 1. The largest absolute Gasteiger partial charge is 0.545 e.